The van der Waals surface area contributed by atoms with Gasteiger partial charge < -0.3 is 24.6 Å². The number of fused-ring (bicyclic) bond motifs is 1. The number of rotatable bonds is 6. The first kappa shape index (κ1) is 20.2. The van der Waals surface area contributed by atoms with Gasteiger partial charge in [-0.25, -0.2) is 4.79 Å². The van der Waals surface area contributed by atoms with E-state index in [1.807, 2.05) is 30.3 Å². The molecule has 0 aliphatic carbocycles. The van der Waals surface area contributed by atoms with E-state index >= 15 is 0 Å². The molecule has 0 spiro atoms. The fraction of sp³-hybridized carbons (Fsp3) is 0.450. The lowest BCUT2D eigenvalue weighted by Crippen LogP contribution is -2.45. The summed E-state index contributed by atoms with van der Waals surface area (Å²) >= 11 is 0. The molecule has 30 heavy (non-hydrogen) atoms. The number of aryl methyl sites for hydroxylation is 1. The van der Waals surface area contributed by atoms with Gasteiger partial charge in [-0.3, -0.25) is 13.9 Å². The topological polar surface area (TPSA) is 107 Å². The van der Waals surface area contributed by atoms with Gasteiger partial charge in [0.25, 0.3) is 5.56 Å². The van der Waals surface area contributed by atoms with Crippen molar-refractivity contribution >= 4 is 17.1 Å². The Morgan fingerprint density at radius 3 is 2.53 bits per heavy atom. The van der Waals surface area contributed by atoms with Gasteiger partial charge in [0.15, 0.2) is 11.2 Å². The third-order valence-electron chi connectivity index (χ3n) is 5.31. The number of nitrogens with one attached hydrogen (secondary N) is 1. The number of aliphatic hydroxyl groups is 1. The number of nitrogens with zero attached hydrogens (tertiary/aromatic N) is 5. The molecular formula is C20H26N6O4. The van der Waals surface area contributed by atoms with Gasteiger partial charge in [-0.2, -0.15) is 4.98 Å². The van der Waals surface area contributed by atoms with E-state index in [1.165, 1.54) is 11.6 Å². The predicted octanol–water partition coefficient (Wildman–Crippen LogP) is -0.717. The maximum Gasteiger partial charge on any atom is 0.332 e. The van der Waals surface area contributed by atoms with Gasteiger partial charge in [0.1, 0.15) is 18.5 Å². The molecule has 1 fully saturated rings. The molecule has 1 aliphatic rings. The fourth-order valence-corrected chi connectivity index (χ4v) is 3.69. The van der Waals surface area contributed by atoms with Crippen LogP contribution in [0.25, 0.3) is 11.2 Å². The molecule has 0 bridgehead atoms. The van der Waals surface area contributed by atoms with Crippen molar-refractivity contribution in [2.45, 2.75) is 12.6 Å². The average Bonchev–Trinajstić information content (AvgIpc) is 3.15. The minimum atomic E-state index is -0.869. The highest BCUT2D eigenvalue weighted by Gasteiger charge is 2.25. The monoisotopic (exact) mass is 414 g/mol. The van der Waals surface area contributed by atoms with E-state index in [1.54, 1.807) is 11.6 Å². The highest BCUT2D eigenvalue weighted by molar-refractivity contribution is 5.74. The smallest absolute Gasteiger partial charge is 0.332 e. The first-order valence-corrected chi connectivity index (χ1v) is 9.95. The normalized spacial score (nSPS) is 15.5. The number of hydrogen-bond acceptors (Lipinski definition) is 7. The number of imidazole rings is 1. The van der Waals surface area contributed by atoms with Crippen molar-refractivity contribution in [1.82, 2.24) is 24.0 Å². The molecule has 1 atom stereocenters. The van der Waals surface area contributed by atoms with E-state index < -0.39 is 17.4 Å². The zero-order valence-electron chi connectivity index (χ0n) is 17.1. The molecule has 0 radical (unpaired) electrons. The second-order valence-electron chi connectivity index (χ2n) is 7.42. The largest absolute Gasteiger partial charge is 0.491 e. The number of ether oxygens (including phenoxy) is 1. The molecule has 10 heteroatoms. The Kier molecular flexibility index (Phi) is 5.60. The molecule has 2 aromatic heterocycles. The Morgan fingerprint density at radius 2 is 1.83 bits per heavy atom. The van der Waals surface area contributed by atoms with Crippen LogP contribution >= 0.6 is 0 Å². The molecule has 3 aromatic rings. The Hall–Kier alpha value is -3.11. The summed E-state index contributed by atoms with van der Waals surface area (Å²) in [4.78, 5) is 32.0. The molecule has 3 heterocycles. The summed E-state index contributed by atoms with van der Waals surface area (Å²) < 4.78 is 9.81. The number of piperazine rings is 1. The quantitative estimate of drug-likeness (QED) is 0.548. The van der Waals surface area contributed by atoms with Gasteiger partial charge >= 0.3 is 5.69 Å². The van der Waals surface area contributed by atoms with Gasteiger partial charge in [-0.15, -0.1) is 0 Å². The summed E-state index contributed by atoms with van der Waals surface area (Å²) in [5.74, 6) is 1.23. The highest BCUT2D eigenvalue weighted by atomic mass is 16.5. The van der Waals surface area contributed by atoms with Gasteiger partial charge in [0.2, 0.25) is 5.95 Å². The second kappa shape index (κ2) is 8.33. The van der Waals surface area contributed by atoms with Crippen LogP contribution in [0.3, 0.4) is 0 Å². The fourth-order valence-electron chi connectivity index (χ4n) is 3.69. The lowest BCUT2D eigenvalue weighted by molar-refractivity contribution is 0.0936. The zero-order chi connectivity index (χ0) is 21.3. The number of para-hydroxylation sites is 1. The number of benzene rings is 1. The Bertz CT molecular complexity index is 1140. The molecule has 1 unspecified atom stereocenters. The van der Waals surface area contributed by atoms with Crippen molar-refractivity contribution in [3.8, 4) is 5.75 Å². The first-order chi connectivity index (χ1) is 14.5. The maximum atomic E-state index is 12.9. The summed E-state index contributed by atoms with van der Waals surface area (Å²) in [7, 11) is 3.04. The van der Waals surface area contributed by atoms with Gasteiger partial charge in [-0.05, 0) is 12.1 Å². The van der Waals surface area contributed by atoms with Crippen LogP contribution in [0.5, 0.6) is 5.75 Å². The Labute approximate surface area is 172 Å². The zero-order valence-corrected chi connectivity index (χ0v) is 17.1. The minimum absolute atomic E-state index is 0.0662. The lowest BCUT2D eigenvalue weighted by Gasteiger charge is -2.29. The van der Waals surface area contributed by atoms with Crippen molar-refractivity contribution in [2.75, 3.05) is 37.7 Å². The third kappa shape index (κ3) is 3.71. The van der Waals surface area contributed by atoms with E-state index in [4.69, 9.17) is 4.74 Å². The van der Waals surface area contributed by atoms with E-state index in [-0.39, 0.29) is 13.2 Å². The molecule has 0 saturated carbocycles. The standard InChI is InChI=1S/C20H26N6O4/c1-23-17-16(18(28)24(2)20(23)29)26(19(22-17)25-10-8-21-9-11-25)12-14(27)13-30-15-6-4-3-5-7-15/h3-7,14,21,27H,8-13H2,1-2H3. The summed E-state index contributed by atoms with van der Waals surface area (Å²) in [6.45, 7) is 3.20. The van der Waals surface area contributed by atoms with Crippen LogP contribution in [-0.2, 0) is 20.6 Å². The van der Waals surface area contributed by atoms with Crippen LogP contribution in [0.4, 0.5) is 5.95 Å². The van der Waals surface area contributed by atoms with E-state index in [2.05, 4.69) is 15.2 Å². The van der Waals surface area contributed by atoms with Crippen molar-refractivity contribution < 1.29 is 9.84 Å². The van der Waals surface area contributed by atoms with Crippen LogP contribution in [0.1, 0.15) is 0 Å². The number of aromatic nitrogens is 4. The first-order valence-electron chi connectivity index (χ1n) is 9.95. The van der Waals surface area contributed by atoms with Crippen molar-refractivity contribution in [1.29, 1.82) is 0 Å². The number of hydrogen-bond donors (Lipinski definition) is 2. The highest BCUT2D eigenvalue weighted by Crippen LogP contribution is 2.21. The van der Waals surface area contributed by atoms with Crippen LogP contribution in [0.15, 0.2) is 39.9 Å². The van der Waals surface area contributed by atoms with Crippen LogP contribution in [-0.4, -0.2) is 62.7 Å². The summed E-state index contributed by atoms with van der Waals surface area (Å²) in [6.07, 6.45) is -0.869. The predicted molar refractivity (Wildman–Crippen MR) is 113 cm³/mol. The van der Waals surface area contributed by atoms with Crippen LogP contribution < -0.4 is 26.2 Å². The Morgan fingerprint density at radius 1 is 1.13 bits per heavy atom. The van der Waals surface area contributed by atoms with Crippen LogP contribution in [0, 0.1) is 0 Å². The van der Waals surface area contributed by atoms with E-state index in [0.29, 0.717) is 36.0 Å². The van der Waals surface area contributed by atoms with E-state index in [0.717, 1.165) is 17.7 Å². The molecule has 0 amide bonds. The maximum absolute atomic E-state index is 12.9. The molecule has 160 valence electrons. The molecule has 1 saturated heterocycles. The average molecular weight is 414 g/mol. The molecule has 1 aromatic carbocycles. The Balaban J connectivity index is 1.72. The van der Waals surface area contributed by atoms with Crippen molar-refractivity contribution in [3.05, 3.63) is 51.2 Å². The lowest BCUT2D eigenvalue weighted by atomic mass is 10.3. The second-order valence-corrected chi connectivity index (χ2v) is 7.42. The molecule has 10 nitrogen and oxygen atoms in total. The summed E-state index contributed by atoms with van der Waals surface area (Å²) in [6, 6.07) is 9.24. The van der Waals surface area contributed by atoms with Gasteiger partial charge in [-0.1, -0.05) is 18.2 Å². The van der Waals surface area contributed by atoms with E-state index in [9.17, 15) is 14.7 Å². The molecule has 1 aliphatic heterocycles. The summed E-state index contributed by atoms with van der Waals surface area (Å²) in [5.41, 5.74) is -0.255. The van der Waals surface area contributed by atoms with Gasteiger partial charge in [0, 0.05) is 40.3 Å². The third-order valence-corrected chi connectivity index (χ3v) is 5.31. The van der Waals surface area contributed by atoms with Gasteiger partial charge in [0.05, 0.1) is 6.54 Å². The SMILES string of the molecule is Cn1c(=O)c2c(nc(N3CCNCC3)n2CC(O)COc2ccccc2)n(C)c1=O. The summed E-state index contributed by atoms with van der Waals surface area (Å²) in [5, 5.41) is 14.0. The molecule has 2 N–H and O–H groups in total. The molecule has 4 rings (SSSR count). The molecular weight excluding hydrogens is 388 g/mol. The van der Waals surface area contributed by atoms with Crippen LogP contribution in [0.2, 0.25) is 0 Å². The van der Waals surface area contributed by atoms with Crippen molar-refractivity contribution in [2.24, 2.45) is 14.1 Å². The van der Waals surface area contributed by atoms with Crippen molar-refractivity contribution in [3.63, 3.8) is 0 Å². The number of aliphatic hydroxyl groups excluding tert-OH is 1. The number of anilines is 1. The minimum Gasteiger partial charge on any atom is -0.491 e.